The van der Waals surface area contributed by atoms with Crippen LogP contribution in [0.2, 0.25) is 0 Å². The minimum atomic E-state index is 0.248. The summed E-state index contributed by atoms with van der Waals surface area (Å²) in [4.78, 5) is 2.26. The van der Waals surface area contributed by atoms with Crippen LogP contribution in [0, 0.1) is 17.2 Å². The van der Waals surface area contributed by atoms with E-state index in [1.807, 2.05) is 24.3 Å². The summed E-state index contributed by atoms with van der Waals surface area (Å²) in [7, 11) is 0. The average molecular weight is 281 g/mol. The predicted octanol–water partition coefficient (Wildman–Crippen LogP) is 2.07. The van der Waals surface area contributed by atoms with Gasteiger partial charge in [-0.25, -0.2) is 0 Å². The Morgan fingerprint density at radius 1 is 1.38 bits per heavy atom. The molecule has 5 heteroatoms. The van der Waals surface area contributed by atoms with Crippen LogP contribution in [0.3, 0.4) is 0 Å². The second kappa shape index (κ2) is 5.66. The third-order valence-electron chi connectivity index (χ3n) is 4.38. The van der Waals surface area contributed by atoms with Crippen molar-refractivity contribution in [1.29, 1.82) is 5.26 Å². The van der Waals surface area contributed by atoms with E-state index in [-0.39, 0.29) is 6.04 Å². The first-order valence-electron chi connectivity index (χ1n) is 7.40. The molecule has 108 valence electrons. The molecule has 2 aromatic rings. The van der Waals surface area contributed by atoms with Gasteiger partial charge in [-0.05, 0) is 18.4 Å². The van der Waals surface area contributed by atoms with Crippen molar-refractivity contribution in [1.82, 2.24) is 10.2 Å². The molecule has 1 aromatic heterocycles. The largest absolute Gasteiger partial charge is 0.368 e. The Kier molecular flexibility index (Phi) is 3.72. The molecule has 0 bridgehead atoms. The number of nitrogens with two attached hydrogens (primary N) is 1. The van der Waals surface area contributed by atoms with Crippen LogP contribution in [0.15, 0.2) is 24.3 Å². The lowest BCUT2D eigenvalue weighted by Crippen LogP contribution is -2.47. The molecule has 1 fully saturated rings. The zero-order valence-corrected chi connectivity index (χ0v) is 12.2. The lowest BCUT2D eigenvalue weighted by atomic mass is 9.90. The number of nitrogens with zero attached hydrogens (tertiary/aromatic N) is 4. The van der Waals surface area contributed by atoms with E-state index in [9.17, 15) is 5.26 Å². The highest BCUT2D eigenvalue weighted by Gasteiger charge is 2.28. The van der Waals surface area contributed by atoms with Crippen LogP contribution < -0.4 is 10.6 Å². The summed E-state index contributed by atoms with van der Waals surface area (Å²) in [5, 5.41) is 18.6. The van der Waals surface area contributed by atoms with E-state index in [1.165, 1.54) is 0 Å². The summed E-state index contributed by atoms with van der Waals surface area (Å²) in [6, 6.07) is 10.3. The van der Waals surface area contributed by atoms with Crippen LogP contribution in [0.25, 0.3) is 10.9 Å². The molecule has 2 N–H and O–H groups in total. The van der Waals surface area contributed by atoms with E-state index < -0.39 is 0 Å². The second-order valence-corrected chi connectivity index (χ2v) is 5.59. The first-order chi connectivity index (χ1) is 10.2. The number of aromatic nitrogens is 2. The van der Waals surface area contributed by atoms with Gasteiger partial charge in [-0.2, -0.15) is 5.26 Å². The van der Waals surface area contributed by atoms with E-state index in [0.717, 1.165) is 42.5 Å². The molecule has 1 aromatic carbocycles. The quantitative estimate of drug-likeness (QED) is 0.911. The topological polar surface area (TPSA) is 78.8 Å². The van der Waals surface area contributed by atoms with Gasteiger partial charge in [0, 0.05) is 24.5 Å². The summed E-state index contributed by atoms with van der Waals surface area (Å²) in [6.07, 6.45) is 2.00. The number of rotatable bonds is 2. The van der Waals surface area contributed by atoms with Crippen molar-refractivity contribution in [2.45, 2.75) is 25.8 Å². The number of hydrogen-bond acceptors (Lipinski definition) is 5. The van der Waals surface area contributed by atoms with Gasteiger partial charge in [-0.3, -0.25) is 0 Å². The highest BCUT2D eigenvalue weighted by molar-refractivity contribution is 5.93. The third-order valence-corrected chi connectivity index (χ3v) is 4.38. The Balaban J connectivity index is 2.09. The maximum Gasteiger partial charge on any atom is 0.187 e. The number of nitriles is 1. The molecule has 0 amide bonds. The third kappa shape index (κ3) is 2.43. The number of piperidine rings is 1. The molecule has 0 radical (unpaired) electrons. The normalized spacial score (nSPS) is 22.2. The summed E-state index contributed by atoms with van der Waals surface area (Å²) in [5.41, 5.74) is 8.33. The molecule has 1 aliphatic rings. The highest BCUT2D eigenvalue weighted by atomic mass is 15.2. The summed E-state index contributed by atoms with van der Waals surface area (Å²) < 4.78 is 0. The van der Waals surface area contributed by atoms with Gasteiger partial charge in [-0.1, -0.05) is 31.5 Å². The summed E-state index contributed by atoms with van der Waals surface area (Å²) >= 11 is 0. The van der Waals surface area contributed by atoms with Crippen molar-refractivity contribution in [2.75, 3.05) is 18.0 Å². The first kappa shape index (κ1) is 13.8. The molecule has 21 heavy (non-hydrogen) atoms. The minimum absolute atomic E-state index is 0.248. The lowest BCUT2D eigenvalue weighted by Gasteiger charge is -2.38. The molecule has 1 saturated heterocycles. The standard InChI is InChI=1S/C16H19N5/c1-2-11-10-21(8-7-13(11)18)16-12-5-3-4-6-14(12)19-20-15(16)9-17/h3-6,11,13H,2,7-8,10,18H2,1H3. The number of fused-ring (bicyclic) bond motifs is 1. The number of benzene rings is 1. The first-order valence-corrected chi connectivity index (χ1v) is 7.40. The molecule has 5 nitrogen and oxygen atoms in total. The molecular formula is C16H19N5. The Labute approximate surface area is 124 Å². The maximum atomic E-state index is 9.38. The monoisotopic (exact) mass is 281 g/mol. The van der Waals surface area contributed by atoms with Gasteiger partial charge in [0.2, 0.25) is 0 Å². The van der Waals surface area contributed by atoms with Gasteiger partial charge in [0.1, 0.15) is 6.07 Å². The van der Waals surface area contributed by atoms with E-state index in [4.69, 9.17) is 5.73 Å². The van der Waals surface area contributed by atoms with Crippen LogP contribution in [0.4, 0.5) is 5.69 Å². The van der Waals surface area contributed by atoms with Crippen molar-refractivity contribution in [3.8, 4) is 6.07 Å². The van der Waals surface area contributed by atoms with Gasteiger partial charge < -0.3 is 10.6 Å². The van der Waals surface area contributed by atoms with Gasteiger partial charge in [0.25, 0.3) is 0 Å². The zero-order chi connectivity index (χ0) is 14.8. The van der Waals surface area contributed by atoms with E-state index >= 15 is 0 Å². The smallest absolute Gasteiger partial charge is 0.187 e. The van der Waals surface area contributed by atoms with Crippen LogP contribution >= 0.6 is 0 Å². The number of hydrogen-bond donors (Lipinski definition) is 1. The molecule has 1 aliphatic heterocycles. The van der Waals surface area contributed by atoms with Gasteiger partial charge in [-0.15, -0.1) is 10.2 Å². The SMILES string of the molecule is CCC1CN(c2c(C#N)nnc3ccccc23)CCC1N. The fourth-order valence-electron chi connectivity index (χ4n) is 3.12. The Morgan fingerprint density at radius 3 is 2.95 bits per heavy atom. The van der Waals surface area contributed by atoms with Crippen molar-refractivity contribution in [3.63, 3.8) is 0 Å². The summed E-state index contributed by atoms with van der Waals surface area (Å²) in [5.74, 6) is 0.456. The fourth-order valence-corrected chi connectivity index (χ4v) is 3.12. The summed E-state index contributed by atoms with van der Waals surface area (Å²) in [6.45, 7) is 3.91. The molecule has 3 rings (SSSR count). The van der Waals surface area contributed by atoms with Crippen molar-refractivity contribution < 1.29 is 0 Å². The van der Waals surface area contributed by atoms with Crippen LogP contribution in [0.5, 0.6) is 0 Å². The van der Waals surface area contributed by atoms with E-state index in [1.54, 1.807) is 0 Å². The number of anilines is 1. The van der Waals surface area contributed by atoms with Crippen LogP contribution in [0.1, 0.15) is 25.5 Å². The minimum Gasteiger partial charge on any atom is -0.368 e. The molecule has 2 atom stereocenters. The molecular weight excluding hydrogens is 262 g/mol. The molecule has 0 saturated carbocycles. The molecule has 0 aliphatic carbocycles. The van der Waals surface area contributed by atoms with E-state index in [0.29, 0.717) is 11.6 Å². The predicted molar refractivity (Wildman–Crippen MR) is 82.8 cm³/mol. The maximum absolute atomic E-state index is 9.38. The van der Waals surface area contributed by atoms with Crippen LogP contribution in [-0.2, 0) is 0 Å². The molecule has 2 unspecified atom stereocenters. The second-order valence-electron chi connectivity index (χ2n) is 5.59. The van der Waals surface area contributed by atoms with Crippen molar-refractivity contribution >= 4 is 16.6 Å². The van der Waals surface area contributed by atoms with E-state index in [2.05, 4.69) is 28.1 Å². The highest BCUT2D eigenvalue weighted by Crippen LogP contribution is 2.31. The van der Waals surface area contributed by atoms with Gasteiger partial charge in [0.15, 0.2) is 5.69 Å². The average Bonchev–Trinajstić information content (AvgIpc) is 2.54. The molecule has 2 heterocycles. The van der Waals surface area contributed by atoms with Gasteiger partial charge in [0.05, 0.1) is 11.2 Å². The van der Waals surface area contributed by atoms with Crippen molar-refractivity contribution in [3.05, 3.63) is 30.0 Å². The Morgan fingerprint density at radius 2 is 2.19 bits per heavy atom. The zero-order valence-electron chi connectivity index (χ0n) is 12.2. The lowest BCUT2D eigenvalue weighted by molar-refractivity contribution is 0.348. The Bertz CT molecular complexity index is 691. The fraction of sp³-hybridized carbons (Fsp3) is 0.438. The Hall–Kier alpha value is -2.19. The van der Waals surface area contributed by atoms with Gasteiger partial charge >= 0.3 is 0 Å². The van der Waals surface area contributed by atoms with Crippen molar-refractivity contribution in [2.24, 2.45) is 11.7 Å². The van der Waals surface area contributed by atoms with Crippen LogP contribution in [-0.4, -0.2) is 29.3 Å². The molecule has 0 spiro atoms.